The minimum Gasteiger partial charge on any atom is -0.322 e. The molecule has 1 aromatic heterocycles. The lowest BCUT2D eigenvalue weighted by atomic mass is 10.0. The minimum absolute atomic E-state index is 0.0482. The smallest absolute Gasteiger partial charge is 0.256 e. The molecule has 0 spiro atoms. The van der Waals surface area contributed by atoms with E-state index in [1.807, 2.05) is 48.5 Å². The number of Topliss-reactive ketones (excluding diaryl/α,β-unsaturated/α-hetero) is 1. The normalized spacial score (nSPS) is 10.7. The number of amides is 1. The zero-order valence-corrected chi connectivity index (χ0v) is 17.2. The van der Waals surface area contributed by atoms with E-state index in [-0.39, 0.29) is 11.7 Å². The molecule has 1 heterocycles. The molecule has 4 aromatic rings. The summed E-state index contributed by atoms with van der Waals surface area (Å²) in [4.78, 5) is 29.5. The van der Waals surface area contributed by atoms with E-state index in [1.165, 1.54) is 6.92 Å². The lowest BCUT2D eigenvalue weighted by molar-refractivity contribution is 0.101. The van der Waals surface area contributed by atoms with Gasteiger partial charge in [-0.05, 0) is 43.3 Å². The Morgan fingerprint density at radius 3 is 2.41 bits per heavy atom. The van der Waals surface area contributed by atoms with Crippen molar-refractivity contribution in [1.82, 2.24) is 4.98 Å². The number of pyridine rings is 1. The molecule has 5 heteroatoms. The van der Waals surface area contributed by atoms with Gasteiger partial charge in [0, 0.05) is 26.7 Å². The zero-order valence-electron chi connectivity index (χ0n) is 15.6. The van der Waals surface area contributed by atoms with E-state index >= 15 is 0 Å². The van der Waals surface area contributed by atoms with Gasteiger partial charge < -0.3 is 5.32 Å². The maximum atomic E-state index is 13.1. The van der Waals surface area contributed by atoms with Crippen LogP contribution < -0.4 is 5.32 Å². The van der Waals surface area contributed by atoms with Crippen molar-refractivity contribution in [3.05, 3.63) is 94.5 Å². The van der Waals surface area contributed by atoms with Crippen molar-refractivity contribution in [3.8, 4) is 11.3 Å². The van der Waals surface area contributed by atoms with Crippen molar-refractivity contribution in [2.24, 2.45) is 0 Å². The Balaban J connectivity index is 1.77. The molecule has 0 radical (unpaired) electrons. The Morgan fingerprint density at radius 2 is 1.66 bits per heavy atom. The third kappa shape index (κ3) is 4.10. The third-order valence-electron chi connectivity index (χ3n) is 4.63. The second kappa shape index (κ2) is 7.97. The number of benzene rings is 3. The SMILES string of the molecule is CC(=O)c1cccc(NC(=O)c2cc(-c3ccc(Br)cc3)nc3ccccc23)c1. The minimum atomic E-state index is -0.248. The second-order valence-electron chi connectivity index (χ2n) is 6.67. The Morgan fingerprint density at radius 1 is 0.897 bits per heavy atom. The first kappa shape index (κ1) is 19.0. The van der Waals surface area contributed by atoms with Gasteiger partial charge in [0.1, 0.15) is 0 Å². The van der Waals surface area contributed by atoms with Gasteiger partial charge in [-0.1, -0.05) is 58.4 Å². The fourth-order valence-electron chi connectivity index (χ4n) is 3.15. The molecule has 142 valence electrons. The lowest BCUT2D eigenvalue weighted by Crippen LogP contribution is -2.13. The van der Waals surface area contributed by atoms with Crippen LogP contribution in [0.1, 0.15) is 27.6 Å². The number of anilines is 1. The molecule has 0 saturated carbocycles. The summed E-state index contributed by atoms with van der Waals surface area (Å²) >= 11 is 3.44. The summed E-state index contributed by atoms with van der Waals surface area (Å²) in [5.74, 6) is -0.296. The maximum absolute atomic E-state index is 13.1. The monoisotopic (exact) mass is 444 g/mol. The number of fused-ring (bicyclic) bond motifs is 1. The van der Waals surface area contributed by atoms with Gasteiger partial charge in [0.05, 0.1) is 16.8 Å². The number of rotatable bonds is 4. The summed E-state index contributed by atoms with van der Waals surface area (Å²) in [5, 5.41) is 3.68. The average Bonchev–Trinajstić information content (AvgIpc) is 2.73. The summed E-state index contributed by atoms with van der Waals surface area (Å²) in [6, 6.07) is 24.1. The van der Waals surface area contributed by atoms with Gasteiger partial charge in [0.25, 0.3) is 5.91 Å². The van der Waals surface area contributed by atoms with Gasteiger partial charge in [-0.25, -0.2) is 4.98 Å². The van der Waals surface area contributed by atoms with Gasteiger partial charge in [0.2, 0.25) is 0 Å². The predicted octanol–water partition coefficient (Wildman–Crippen LogP) is 6.12. The Hall–Kier alpha value is -3.31. The van der Waals surface area contributed by atoms with Crippen LogP contribution in [0.2, 0.25) is 0 Å². The molecule has 29 heavy (non-hydrogen) atoms. The number of carbonyl (C=O) groups excluding carboxylic acids is 2. The highest BCUT2D eigenvalue weighted by atomic mass is 79.9. The van der Waals surface area contributed by atoms with E-state index in [9.17, 15) is 9.59 Å². The van der Waals surface area contributed by atoms with E-state index in [0.717, 1.165) is 26.6 Å². The fraction of sp³-hybridized carbons (Fsp3) is 0.0417. The summed E-state index contributed by atoms with van der Waals surface area (Å²) in [7, 11) is 0. The summed E-state index contributed by atoms with van der Waals surface area (Å²) < 4.78 is 0.977. The van der Waals surface area contributed by atoms with Crippen molar-refractivity contribution >= 4 is 44.2 Å². The topological polar surface area (TPSA) is 59.1 Å². The van der Waals surface area contributed by atoms with E-state index < -0.39 is 0 Å². The molecule has 3 aromatic carbocycles. The molecular weight excluding hydrogens is 428 g/mol. The number of halogens is 1. The maximum Gasteiger partial charge on any atom is 0.256 e. The molecule has 0 saturated heterocycles. The summed E-state index contributed by atoms with van der Waals surface area (Å²) in [6.07, 6.45) is 0. The van der Waals surface area contributed by atoms with Crippen LogP contribution in [0, 0.1) is 0 Å². The van der Waals surface area contributed by atoms with E-state index in [4.69, 9.17) is 4.98 Å². The van der Waals surface area contributed by atoms with Crippen molar-refractivity contribution in [2.75, 3.05) is 5.32 Å². The van der Waals surface area contributed by atoms with Crippen LogP contribution in [0.25, 0.3) is 22.2 Å². The molecule has 0 atom stereocenters. The Bertz CT molecular complexity index is 1230. The number of hydrogen-bond donors (Lipinski definition) is 1. The van der Waals surface area contributed by atoms with Crippen LogP contribution >= 0.6 is 15.9 Å². The van der Waals surface area contributed by atoms with Crippen molar-refractivity contribution in [1.29, 1.82) is 0 Å². The first-order valence-electron chi connectivity index (χ1n) is 9.09. The van der Waals surface area contributed by atoms with E-state index in [2.05, 4.69) is 21.2 Å². The highest BCUT2D eigenvalue weighted by Gasteiger charge is 2.14. The van der Waals surface area contributed by atoms with Crippen LogP contribution in [-0.2, 0) is 0 Å². The van der Waals surface area contributed by atoms with Gasteiger partial charge >= 0.3 is 0 Å². The third-order valence-corrected chi connectivity index (χ3v) is 5.16. The standard InChI is InChI=1S/C24H17BrN2O2/c1-15(28)17-5-4-6-19(13-17)26-24(29)21-14-23(16-9-11-18(25)12-10-16)27-22-8-3-2-7-20(21)22/h2-14H,1H3,(H,26,29). The van der Waals surface area contributed by atoms with Crippen molar-refractivity contribution in [2.45, 2.75) is 6.92 Å². The summed E-state index contributed by atoms with van der Waals surface area (Å²) in [5.41, 5.74) is 4.05. The van der Waals surface area contributed by atoms with Gasteiger partial charge in [0.15, 0.2) is 5.78 Å². The Labute approximate surface area is 176 Å². The van der Waals surface area contributed by atoms with Gasteiger partial charge in [-0.15, -0.1) is 0 Å². The average molecular weight is 445 g/mol. The molecule has 0 aliphatic carbocycles. The molecule has 1 amide bonds. The highest BCUT2D eigenvalue weighted by molar-refractivity contribution is 9.10. The van der Waals surface area contributed by atoms with Gasteiger partial charge in [-0.2, -0.15) is 0 Å². The Kier molecular flexibility index (Phi) is 5.23. The number of aromatic nitrogens is 1. The fourth-order valence-corrected chi connectivity index (χ4v) is 3.41. The van der Waals surface area contributed by atoms with Crippen molar-refractivity contribution < 1.29 is 9.59 Å². The molecule has 0 aliphatic heterocycles. The number of hydrogen-bond acceptors (Lipinski definition) is 3. The molecule has 0 aliphatic rings. The number of nitrogens with one attached hydrogen (secondary N) is 1. The second-order valence-corrected chi connectivity index (χ2v) is 7.59. The molecule has 0 bridgehead atoms. The summed E-state index contributed by atoms with van der Waals surface area (Å²) in [6.45, 7) is 1.50. The largest absolute Gasteiger partial charge is 0.322 e. The van der Waals surface area contributed by atoms with Crippen LogP contribution in [0.5, 0.6) is 0 Å². The van der Waals surface area contributed by atoms with Crippen LogP contribution in [0.4, 0.5) is 5.69 Å². The molecule has 4 nitrogen and oxygen atoms in total. The lowest BCUT2D eigenvalue weighted by Gasteiger charge is -2.11. The van der Waals surface area contributed by atoms with Gasteiger partial charge in [-0.3, -0.25) is 9.59 Å². The molecule has 1 N–H and O–H groups in total. The quantitative estimate of drug-likeness (QED) is 0.385. The van der Waals surface area contributed by atoms with Crippen molar-refractivity contribution in [3.63, 3.8) is 0 Å². The number of carbonyl (C=O) groups is 2. The zero-order chi connectivity index (χ0) is 20.4. The van der Waals surface area contributed by atoms with Crippen LogP contribution in [-0.4, -0.2) is 16.7 Å². The van der Waals surface area contributed by atoms with Crippen LogP contribution in [0.3, 0.4) is 0 Å². The van der Waals surface area contributed by atoms with E-state index in [1.54, 1.807) is 30.3 Å². The molecule has 0 unspecified atom stereocenters. The highest BCUT2D eigenvalue weighted by Crippen LogP contribution is 2.27. The number of para-hydroxylation sites is 1. The van der Waals surface area contributed by atoms with Crippen LogP contribution in [0.15, 0.2) is 83.3 Å². The molecule has 0 fully saturated rings. The molecular formula is C24H17BrN2O2. The first-order chi connectivity index (χ1) is 14.0. The molecule has 4 rings (SSSR count). The number of ketones is 1. The van der Waals surface area contributed by atoms with E-state index in [0.29, 0.717) is 16.8 Å². The predicted molar refractivity (Wildman–Crippen MR) is 119 cm³/mol. The first-order valence-corrected chi connectivity index (χ1v) is 9.88. The number of nitrogens with zero attached hydrogens (tertiary/aromatic N) is 1.